The third kappa shape index (κ3) is 3.88. The Hall–Kier alpha value is -2.67. The molecule has 2 amide bonds. The monoisotopic (exact) mass is 342 g/mol. The molecule has 7 nitrogen and oxygen atoms in total. The van der Waals surface area contributed by atoms with Crippen LogP contribution in [0.4, 0.5) is 0 Å². The molecule has 1 saturated heterocycles. The van der Waals surface area contributed by atoms with Gasteiger partial charge >= 0.3 is 0 Å². The van der Waals surface area contributed by atoms with Crippen LogP contribution in [0.25, 0.3) is 0 Å². The Morgan fingerprint density at radius 2 is 2.20 bits per heavy atom. The van der Waals surface area contributed by atoms with E-state index in [1.54, 1.807) is 19.3 Å². The number of hydrogen-bond donors (Lipinski definition) is 2. The summed E-state index contributed by atoms with van der Waals surface area (Å²) in [4.78, 5) is 30.9. The molecule has 2 aromatic rings. The van der Waals surface area contributed by atoms with Crippen LogP contribution in [0.15, 0.2) is 41.3 Å². The molecule has 3 heterocycles. The summed E-state index contributed by atoms with van der Waals surface area (Å²) in [5.41, 5.74) is 1.85. The summed E-state index contributed by atoms with van der Waals surface area (Å²) in [5.74, 6) is -0.373. The largest absolute Gasteiger partial charge is 0.459 e. The molecule has 0 aromatic carbocycles. The van der Waals surface area contributed by atoms with Gasteiger partial charge in [0.2, 0.25) is 5.91 Å². The molecule has 0 saturated carbocycles. The van der Waals surface area contributed by atoms with E-state index in [0.717, 1.165) is 11.1 Å². The molecule has 2 N–H and O–H groups in total. The van der Waals surface area contributed by atoms with Crippen LogP contribution in [0.5, 0.6) is 0 Å². The molecule has 25 heavy (non-hydrogen) atoms. The number of nitrogens with zero attached hydrogens (tertiary/aromatic N) is 2. The molecule has 0 unspecified atom stereocenters. The fourth-order valence-electron chi connectivity index (χ4n) is 3.20. The van der Waals surface area contributed by atoms with Crippen molar-refractivity contribution in [3.05, 3.63) is 53.7 Å². The highest BCUT2D eigenvalue weighted by Gasteiger charge is 2.38. The van der Waals surface area contributed by atoms with Crippen molar-refractivity contribution in [3.63, 3.8) is 0 Å². The second kappa shape index (κ2) is 7.48. The zero-order valence-electron chi connectivity index (χ0n) is 14.4. The second-order valence-electron chi connectivity index (χ2n) is 6.29. The van der Waals surface area contributed by atoms with Crippen molar-refractivity contribution in [1.82, 2.24) is 20.5 Å². The number of hydrogen-bond acceptors (Lipinski definition) is 5. The van der Waals surface area contributed by atoms with Gasteiger partial charge in [0.05, 0.1) is 18.2 Å². The maximum absolute atomic E-state index is 12.4. The average molecular weight is 342 g/mol. The Morgan fingerprint density at radius 3 is 2.84 bits per heavy atom. The van der Waals surface area contributed by atoms with E-state index in [2.05, 4.69) is 20.5 Å². The van der Waals surface area contributed by atoms with Gasteiger partial charge in [0, 0.05) is 44.6 Å². The molecule has 2 atom stereocenters. The number of aryl methyl sites for hydroxylation is 1. The molecule has 2 aromatic heterocycles. The molecule has 0 spiro atoms. The van der Waals surface area contributed by atoms with Crippen molar-refractivity contribution in [1.29, 1.82) is 0 Å². The van der Waals surface area contributed by atoms with Crippen molar-refractivity contribution in [2.45, 2.75) is 19.5 Å². The summed E-state index contributed by atoms with van der Waals surface area (Å²) < 4.78 is 5.25. The van der Waals surface area contributed by atoms with Crippen LogP contribution < -0.4 is 10.6 Å². The molecule has 1 fully saturated rings. The first-order valence-electron chi connectivity index (χ1n) is 8.26. The average Bonchev–Trinajstić information content (AvgIpc) is 3.21. The van der Waals surface area contributed by atoms with E-state index >= 15 is 0 Å². The van der Waals surface area contributed by atoms with Gasteiger partial charge in [0.15, 0.2) is 5.76 Å². The van der Waals surface area contributed by atoms with E-state index in [1.165, 1.54) is 6.26 Å². The Labute approximate surface area is 146 Å². The number of carbonyl (C=O) groups excluding carboxylic acids is 2. The maximum Gasteiger partial charge on any atom is 0.287 e. The van der Waals surface area contributed by atoms with Crippen molar-refractivity contribution in [2.24, 2.45) is 5.92 Å². The number of furan rings is 1. The zero-order chi connectivity index (χ0) is 17.8. The topological polar surface area (TPSA) is 87.5 Å². The number of carbonyl (C=O) groups is 2. The number of likely N-dealkylation sites (tertiary alicyclic amines) is 1. The highest BCUT2D eigenvalue weighted by atomic mass is 16.3. The predicted molar refractivity (Wildman–Crippen MR) is 91.8 cm³/mol. The summed E-state index contributed by atoms with van der Waals surface area (Å²) in [6.45, 7) is 3.68. The van der Waals surface area contributed by atoms with Crippen LogP contribution >= 0.6 is 0 Å². The number of pyridine rings is 1. The smallest absolute Gasteiger partial charge is 0.287 e. The van der Waals surface area contributed by atoms with Gasteiger partial charge in [-0.25, -0.2) is 0 Å². The molecular formula is C18H22N4O3. The summed E-state index contributed by atoms with van der Waals surface area (Å²) in [5, 5.41) is 5.64. The fraction of sp³-hybridized carbons (Fsp3) is 0.389. The molecule has 0 bridgehead atoms. The second-order valence-corrected chi connectivity index (χ2v) is 6.29. The standard InChI is InChI=1S/C18H22N4O3/c1-12-5-7-25-16(12)18(24)21-15-11-22(10-14(15)17(23)19-2)9-13-4-3-6-20-8-13/h3-8,14-15H,9-11H2,1-2H3,(H,19,23)(H,21,24)/t14-,15-/m0/s1. The molecule has 3 rings (SSSR count). The van der Waals surface area contributed by atoms with Gasteiger partial charge in [-0.1, -0.05) is 6.07 Å². The van der Waals surface area contributed by atoms with Crippen molar-refractivity contribution < 1.29 is 14.0 Å². The minimum Gasteiger partial charge on any atom is -0.459 e. The number of aromatic nitrogens is 1. The SMILES string of the molecule is CNC(=O)[C@H]1CN(Cc2cccnc2)C[C@@H]1NC(=O)c1occc1C. The van der Waals surface area contributed by atoms with Crippen molar-refractivity contribution >= 4 is 11.8 Å². The van der Waals surface area contributed by atoms with Gasteiger partial charge in [-0.2, -0.15) is 0 Å². The third-order valence-electron chi connectivity index (χ3n) is 4.49. The summed E-state index contributed by atoms with van der Waals surface area (Å²) in [7, 11) is 1.61. The fourth-order valence-corrected chi connectivity index (χ4v) is 3.20. The highest BCUT2D eigenvalue weighted by molar-refractivity contribution is 5.93. The molecule has 0 radical (unpaired) electrons. The summed E-state index contributed by atoms with van der Waals surface area (Å²) in [6, 6.07) is 5.36. The number of amides is 2. The van der Waals surface area contributed by atoms with Crippen LogP contribution in [0, 0.1) is 12.8 Å². The first-order valence-corrected chi connectivity index (χ1v) is 8.26. The molecular weight excluding hydrogens is 320 g/mol. The van der Waals surface area contributed by atoms with E-state index < -0.39 is 0 Å². The quantitative estimate of drug-likeness (QED) is 0.845. The van der Waals surface area contributed by atoms with Gasteiger partial charge in [0.25, 0.3) is 5.91 Å². The molecule has 1 aliphatic heterocycles. The number of rotatable bonds is 5. The predicted octanol–water partition coefficient (Wildman–Crippen LogP) is 0.959. The minimum absolute atomic E-state index is 0.0739. The van der Waals surface area contributed by atoms with Crippen LogP contribution in [-0.4, -0.2) is 47.9 Å². The van der Waals surface area contributed by atoms with Gasteiger partial charge in [-0.15, -0.1) is 0 Å². The lowest BCUT2D eigenvalue weighted by Gasteiger charge is -2.18. The maximum atomic E-state index is 12.4. The normalized spacial score (nSPS) is 20.4. The zero-order valence-corrected chi connectivity index (χ0v) is 14.4. The van der Waals surface area contributed by atoms with E-state index in [9.17, 15) is 9.59 Å². The highest BCUT2D eigenvalue weighted by Crippen LogP contribution is 2.20. The van der Waals surface area contributed by atoms with Crippen molar-refractivity contribution in [3.8, 4) is 0 Å². The minimum atomic E-state index is -0.305. The summed E-state index contributed by atoms with van der Waals surface area (Å²) in [6.07, 6.45) is 5.03. The number of nitrogens with one attached hydrogen (secondary N) is 2. The Balaban J connectivity index is 1.70. The first-order chi connectivity index (χ1) is 12.1. The van der Waals surface area contributed by atoms with Gasteiger partial charge in [0.1, 0.15) is 0 Å². The lowest BCUT2D eigenvalue weighted by Crippen LogP contribution is -2.45. The van der Waals surface area contributed by atoms with Gasteiger partial charge in [-0.3, -0.25) is 19.5 Å². The Kier molecular flexibility index (Phi) is 5.14. The van der Waals surface area contributed by atoms with Crippen LogP contribution in [0.1, 0.15) is 21.7 Å². The van der Waals surface area contributed by atoms with Crippen LogP contribution in [0.2, 0.25) is 0 Å². The van der Waals surface area contributed by atoms with Crippen molar-refractivity contribution in [2.75, 3.05) is 20.1 Å². The molecule has 1 aliphatic rings. The van der Waals surface area contributed by atoms with Gasteiger partial charge in [-0.05, 0) is 24.6 Å². The van der Waals surface area contributed by atoms with Crippen LogP contribution in [-0.2, 0) is 11.3 Å². The molecule has 0 aliphatic carbocycles. The van der Waals surface area contributed by atoms with E-state index in [-0.39, 0.29) is 23.8 Å². The Morgan fingerprint density at radius 1 is 1.36 bits per heavy atom. The lowest BCUT2D eigenvalue weighted by atomic mass is 10.0. The van der Waals surface area contributed by atoms with E-state index in [4.69, 9.17) is 4.42 Å². The summed E-state index contributed by atoms with van der Waals surface area (Å²) >= 11 is 0. The lowest BCUT2D eigenvalue weighted by molar-refractivity contribution is -0.124. The van der Waals surface area contributed by atoms with E-state index in [1.807, 2.05) is 25.3 Å². The molecule has 7 heteroatoms. The third-order valence-corrected chi connectivity index (χ3v) is 4.49. The van der Waals surface area contributed by atoms with E-state index in [0.29, 0.717) is 25.4 Å². The van der Waals surface area contributed by atoms with Crippen LogP contribution in [0.3, 0.4) is 0 Å². The van der Waals surface area contributed by atoms with Gasteiger partial charge < -0.3 is 15.1 Å². The Bertz CT molecular complexity index is 744. The molecule has 132 valence electrons. The first kappa shape index (κ1) is 17.2.